The Morgan fingerprint density at radius 1 is 1.31 bits per heavy atom. The molecule has 1 saturated heterocycles. The van der Waals surface area contributed by atoms with Gasteiger partial charge in [0, 0.05) is 30.4 Å². The number of hydrogen-bond donors (Lipinski definition) is 3. The van der Waals surface area contributed by atoms with Crippen LogP contribution in [0.25, 0.3) is 11.7 Å². The Labute approximate surface area is 165 Å². The third-order valence-corrected chi connectivity index (χ3v) is 4.72. The van der Waals surface area contributed by atoms with Crippen molar-refractivity contribution < 1.29 is 9.59 Å². The van der Waals surface area contributed by atoms with Gasteiger partial charge in [0.05, 0.1) is 31.2 Å². The standard InChI is InChI=1S/C18H19N9O2/c1-26-8-13(20-9-26)7-19-17-24-15-11(4-10-5-14(28)23-16(10)29)6-21-27(15)18(25-17)22-12-2-3-12/h4,6,8-9,12H,2-3,5,7H2,1H3,(H,23,28,29)(H2,19,22,24,25)/b10-4+. The van der Waals surface area contributed by atoms with Crippen molar-refractivity contribution in [2.75, 3.05) is 10.6 Å². The fraction of sp³-hybridized carbons (Fsp3) is 0.333. The van der Waals surface area contributed by atoms with E-state index in [1.165, 1.54) is 0 Å². The number of imide groups is 1. The highest BCUT2D eigenvalue weighted by Crippen LogP contribution is 2.26. The van der Waals surface area contributed by atoms with Crippen molar-refractivity contribution >= 4 is 35.4 Å². The molecule has 3 aromatic heterocycles. The maximum Gasteiger partial charge on any atom is 0.254 e. The van der Waals surface area contributed by atoms with Gasteiger partial charge in [-0.2, -0.15) is 19.6 Å². The van der Waals surface area contributed by atoms with Gasteiger partial charge in [-0.1, -0.05) is 0 Å². The highest BCUT2D eigenvalue weighted by Gasteiger charge is 2.26. The number of hydrogen-bond acceptors (Lipinski definition) is 8. The van der Waals surface area contributed by atoms with Gasteiger partial charge < -0.3 is 15.2 Å². The molecule has 0 aromatic carbocycles. The minimum Gasteiger partial charge on any atom is -0.351 e. The van der Waals surface area contributed by atoms with E-state index in [1.807, 2.05) is 17.8 Å². The highest BCUT2D eigenvalue weighted by molar-refractivity contribution is 6.15. The minimum atomic E-state index is -0.381. The number of amides is 2. The Morgan fingerprint density at radius 2 is 2.17 bits per heavy atom. The van der Waals surface area contributed by atoms with Gasteiger partial charge in [0.15, 0.2) is 5.65 Å². The van der Waals surface area contributed by atoms with Crippen LogP contribution in [0.2, 0.25) is 0 Å². The lowest BCUT2D eigenvalue weighted by molar-refractivity contribution is -0.124. The van der Waals surface area contributed by atoms with Crippen molar-refractivity contribution in [3.8, 4) is 0 Å². The van der Waals surface area contributed by atoms with Gasteiger partial charge in [-0.3, -0.25) is 14.9 Å². The summed E-state index contributed by atoms with van der Waals surface area (Å²) in [5.41, 5.74) is 2.45. The Balaban J connectivity index is 1.50. The molecule has 1 saturated carbocycles. The molecule has 1 aliphatic heterocycles. The van der Waals surface area contributed by atoms with Crippen LogP contribution in [-0.2, 0) is 23.2 Å². The predicted molar refractivity (Wildman–Crippen MR) is 104 cm³/mol. The maximum atomic E-state index is 11.9. The molecule has 29 heavy (non-hydrogen) atoms. The average molecular weight is 393 g/mol. The number of fused-ring (bicyclic) bond motifs is 1. The second kappa shape index (κ2) is 6.69. The molecule has 0 bridgehead atoms. The van der Waals surface area contributed by atoms with Crippen LogP contribution in [0, 0.1) is 0 Å². The Bertz CT molecular complexity index is 1160. The average Bonchev–Trinajstić information content (AvgIpc) is 3.10. The van der Waals surface area contributed by atoms with Crippen molar-refractivity contribution in [3.05, 3.63) is 35.6 Å². The smallest absolute Gasteiger partial charge is 0.254 e. The molecule has 0 atom stereocenters. The van der Waals surface area contributed by atoms with E-state index in [-0.39, 0.29) is 18.2 Å². The van der Waals surface area contributed by atoms with E-state index < -0.39 is 0 Å². The molecule has 2 aliphatic rings. The molecule has 4 heterocycles. The van der Waals surface area contributed by atoms with Crippen LogP contribution in [0.4, 0.5) is 11.9 Å². The van der Waals surface area contributed by atoms with Crippen LogP contribution >= 0.6 is 0 Å². The van der Waals surface area contributed by atoms with Gasteiger partial charge in [0.25, 0.3) is 5.91 Å². The molecule has 2 amide bonds. The summed E-state index contributed by atoms with van der Waals surface area (Å²) in [5, 5.41) is 13.2. The number of aryl methyl sites for hydroxylation is 1. The Morgan fingerprint density at radius 3 is 2.86 bits per heavy atom. The third kappa shape index (κ3) is 3.53. The molecule has 11 nitrogen and oxygen atoms in total. The molecule has 0 unspecified atom stereocenters. The summed E-state index contributed by atoms with van der Waals surface area (Å²) in [5.74, 6) is 0.324. The van der Waals surface area contributed by atoms with E-state index in [2.05, 4.69) is 36.0 Å². The van der Waals surface area contributed by atoms with Gasteiger partial charge in [0.2, 0.25) is 17.8 Å². The molecule has 11 heteroatoms. The number of rotatable bonds is 6. The quantitative estimate of drug-likeness (QED) is 0.407. The topological polar surface area (TPSA) is 131 Å². The molecule has 0 radical (unpaired) electrons. The number of nitrogens with zero attached hydrogens (tertiary/aromatic N) is 6. The third-order valence-electron chi connectivity index (χ3n) is 4.72. The molecule has 5 rings (SSSR count). The first-order chi connectivity index (χ1) is 14.0. The zero-order chi connectivity index (χ0) is 20.0. The summed E-state index contributed by atoms with van der Waals surface area (Å²) in [6.45, 7) is 0.474. The first-order valence-electron chi connectivity index (χ1n) is 9.33. The first-order valence-corrected chi connectivity index (χ1v) is 9.33. The second-order valence-electron chi connectivity index (χ2n) is 7.23. The number of carbonyl (C=O) groups excluding carboxylic acids is 2. The summed E-state index contributed by atoms with van der Waals surface area (Å²) >= 11 is 0. The minimum absolute atomic E-state index is 0.0548. The Hall–Kier alpha value is -3.76. The van der Waals surface area contributed by atoms with E-state index in [0.717, 1.165) is 18.5 Å². The lowest BCUT2D eigenvalue weighted by Gasteiger charge is -2.09. The highest BCUT2D eigenvalue weighted by atomic mass is 16.2. The molecule has 1 aliphatic carbocycles. The molecule has 0 spiro atoms. The van der Waals surface area contributed by atoms with Crippen LogP contribution in [0.1, 0.15) is 30.5 Å². The lowest BCUT2D eigenvalue weighted by Crippen LogP contribution is -2.19. The van der Waals surface area contributed by atoms with Gasteiger partial charge >= 0.3 is 0 Å². The number of aromatic nitrogens is 6. The lowest BCUT2D eigenvalue weighted by atomic mass is 10.1. The van der Waals surface area contributed by atoms with Crippen LogP contribution < -0.4 is 16.0 Å². The fourth-order valence-corrected chi connectivity index (χ4v) is 3.12. The first kappa shape index (κ1) is 17.3. The zero-order valence-electron chi connectivity index (χ0n) is 15.7. The monoisotopic (exact) mass is 393 g/mol. The van der Waals surface area contributed by atoms with Crippen molar-refractivity contribution in [2.45, 2.75) is 31.8 Å². The number of carbonyl (C=O) groups is 2. The van der Waals surface area contributed by atoms with Crippen LogP contribution in [0.5, 0.6) is 0 Å². The second-order valence-corrected chi connectivity index (χ2v) is 7.23. The summed E-state index contributed by atoms with van der Waals surface area (Å²) in [6, 6.07) is 0.376. The molecule has 2 fully saturated rings. The van der Waals surface area contributed by atoms with E-state index >= 15 is 0 Å². The molecule has 3 N–H and O–H groups in total. The van der Waals surface area contributed by atoms with Gasteiger partial charge in [-0.25, -0.2) is 4.98 Å². The van der Waals surface area contributed by atoms with Crippen molar-refractivity contribution in [1.29, 1.82) is 0 Å². The van der Waals surface area contributed by atoms with Crippen molar-refractivity contribution in [1.82, 2.24) is 34.4 Å². The molecule has 3 aromatic rings. The normalized spacial score (nSPS) is 17.9. The summed E-state index contributed by atoms with van der Waals surface area (Å²) in [6.07, 6.45) is 9.15. The summed E-state index contributed by atoms with van der Waals surface area (Å²) < 4.78 is 3.49. The van der Waals surface area contributed by atoms with Crippen LogP contribution in [-0.4, -0.2) is 47.0 Å². The zero-order valence-corrected chi connectivity index (χ0v) is 15.7. The van der Waals surface area contributed by atoms with Crippen molar-refractivity contribution in [2.24, 2.45) is 7.05 Å². The summed E-state index contributed by atoms with van der Waals surface area (Å²) in [4.78, 5) is 36.8. The largest absolute Gasteiger partial charge is 0.351 e. The number of anilines is 2. The number of imidazole rings is 1. The predicted octanol–water partition coefficient (Wildman–Crippen LogP) is 0.474. The molecular formula is C18H19N9O2. The van der Waals surface area contributed by atoms with Gasteiger partial charge in [-0.15, -0.1) is 0 Å². The van der Waals surface area contributed by atoms with Crippen molar-refractivity contribution in [3.63, 3.8) is 0 Å². The van der Waals surface area contributed by atoms with Gasteiger partial charge in [-0.05, 0) is 18.9 Å². The molecular weight excluding hydrogens is 374 g/mol. The van der Waals surface area contributed by atoms with E-state index in [1.54, 1.807) is 23.1 Å². The number of nitrogens with one attached hydrogen (secondary N) is 3. The molecule has 148 valence electrons. The Kier molecular flexibility index (Phi) is 4.00. The van der Waals surface area contributed by atoms with E-state index in [4.69, 9.17) is 0 Å². The fourth-order valence-electron chi connectivity index (χ4n) is 3.12. The van der Waals surface area contributed by atoms with E-state index in [0.29, 0.717) is 41.3 Å². The van der Waals surface area contributed by atoms with Crippen LogP contribution in [0.3, 0.4) is 0 Å². The van der Waals surface area contributed by atoms with E-state index in [9.17, 15) is 9.59 Å². The van der Waals surface area contributed by atoms with Gasteiger partial charge in [0.1, 0.15) is 0 Å². The van der Waals surface area contributed by atoms with Crippen LogP contribution in [0.15, 0.2) is 24.3 Å². The maximum absolute atomic E-state index is 11.9. The SMILES string of the molecule is Cn1cnc(CNc2nc(NC3CC3)n3ncc(/C=C4\CC(=O)NC4=O)c3n2)c1. The summed E-state index contributed by atoms with van der Waals surface area (Å²) in [7, 11) is 1.91.